The fraction of sp³-hybridized carbons (Fsp3) is 0.250. The number of benzene rings is 2. The zero-order valence-electron chi connectivity index (χ0n) is 11.6. The zero-order chi connectivity index (χ0) is 14.7. The first-order valence-corrected chi connectivity index (χ1v) is 7.40. The molecule has 0 spiro atoms. The average molecular weight is 337 g/mol. The minimum Gasteiger partial charge on any atom is -0.341 e. The van der Waals surface area contributed by atoms with Gasteiger partial charge in [-0.1, -0.05) is 22.0 Å². The summed E-state index contributed by atoms with van der Waals surface area (Å²) in [5.74, 6) is -0.230. The van der Waals surface area contributed by atoms with Crippen molar-refractivity contribution in [3.05, 3.63) is 58.3 Å². The van der Waals surface area contributed by atoms with E-state index in [4.69, 9.17) is 5.73 Å². The molecule has 2 aromatic carbocycles. The van der Waals surface area contributed by atoms with Crippen molar-refractivity contribution in [1.29, 1.82) is 0 Å². The molecule has 0 fully saturated rings. The van der Waals surface area contributed by atoms with Crippen LogP contribution in [0, 0.1) is 5.82 Å². The van der Waals surface area contributed by atoms with Crippen LogP contribution >= 0.6 is 15.9 Å². The first-order chi connectivity index (χ1) is 9.52. The lowest BCUT2D eigenvalue weighted by Gasteiger charge is -2.27. The van der Waals surface area contributed by atoms with E-state index in [0.717, 1.165) is 28.0 Å². The van der Waals surface area contributed by atoms with Crippen molar-refractivity contribution in [3.8, 4) is 0 Å². The summed E-state index contributed by atoms with van der Waals surface area (Å²) >= 11 is 3.50. The van der Waals surface area contributed by atoms with E-state index in [1.165, 1.54) is 12.1 Å². The Balaban J connectivity index is 2.51. The number of hydrogen-bond acceptors (Lipinski definition) is 2. The van der Waals surface area contributed by atoms with Crippen LogP contribution in [0.5, 0.6) is 0 Å². The molecule has 0 saturated carbocycles. The summed E-state index contributed by atoms with van der Waals surface area (Å²) in [7, 11) is 0. The molecule has 2 aromatic rings. The van der Waals surface area contributed by atoms with Crippen molar-refractivity contribution in [2.45, 2.75) is 19.9 Å². The number of hydrogen-bond donors (Lipinski definition) is 1. The van der Waals surface area contributed by atoms with Crippen LogP contribution in [0.3, 0.4) is 0 Å². The highest BCUT2D eigenvalue weighted by molar-refractivity contribution is 9.10. The second kappa shape index (κ2) is 6.37. The summed E-state index contributed by atoms with van der Waals surface area (Å²) < 4.78 is 14.1. The van der Waals surface area contributed by atoms with Crippen molar-refractivity contribution < 1.29 is 4.39 Å². The van der Waals surface area contributed by atoms with Gasteiger partial charge in [0.15, 0.2) is 0 Å². The van der Waals surface area contributed by atoms with Crippen LogP contribution < -0.4 is 10.6 Å². The molecule has 2 N–H and O–H groups in total. The van der Waals surface area contributed by atoms with E-state index in [9.17, 15) is 4.39 Å². The van der Waals surface area contributed by atoms with E-state index >= 15 is 0 Å². The molecule has 0 saturated heterocycles. The number of nitrogens with zero attached hydrogens (tertiary/aromatic N) is 1. The highest BCUT2D eigenvalue weighted by Crippen LogP contribution is 2.33. The quantitative estimate of drug-likeness (QED) is 0.871. The summed E-state index contributed by atoms with van der Waals surface area (Å²) in [5.41, 5.74) is 9.12. The van der Waals surface area contributed by atoms with Gasteiger partial charge in [0, 0.05) is 28.4 Å². The SMILES string of the molecule is CCN(c1ccc(F)cc1)c1cc(Br)ccc1C(C)N. The molecule has 1 unspecified atom stereocenters. The van der Waals surface area contributed by atoms with Crippen molar-refractivity contribution in [1.82, 2.24) is 0 Å². The minimum atomic E-state index is -0.230. The third-order valence-corrected chi connectivity index (χ3v) is 3.72. The lowest BCUT2D eigenvalue weighted by Crippen LogP contribution is -2.20. The topological polar surface area (TPSA) is 29.3 Å². The molecule has 106 valence electrons. The van der Waals surface area contributed by atoms with Gasteiger partial charge in [-0.2, -0.15) is 0 Å². The molecule has 4 heteroatoms. The Morgan fingerprint density at radius 2 is 1.85 bits per heavy atom. The van der Waals surface area contributed by atoms with E-state index in [2.05, 4.69) is 27.8 Å². The van der Waals surface area contributed by atoms with Gasteiger partial charge in [-0.15, -0.1) is 0 Å². The van der Waals surface area contributed by atoms with Gasteiger partial charge in [0.05, 0.1) is 0 Å². The standard InChI is InChI=1S/C16H18BrFN2/c1-3-20(14-7-5-13(18)6-8-14)16-10-12(17)4-9-15(16)11(2)19/h4-11H,3,19H2,1-2H3. The summed E-state index contributed by atoms with van der Waals surface area (Å²) in [6.07, 6.45) is 0. The van der Waals surface area contributed by atoms with Crippen LogP contribution in [0.15, 0.2) is 46.9 Å². The average Bonchev–Trinajstić information content (AvgIpc) is 2.41. The summed E-state index contributed by atoms with van der Waals surface area (Å²) in [6, 6.07) is 12.5. The Labute approximate surface area is 127 Å². The smallest absolute Gasteiger partial charge is 0.123 e. The van der Waals surface area contributed by atoms with E-state index in [-0.39, 0.29) is 11.9 Å². The maximum Gasteiger partial charge on any atom is 0.123 e. The lowest BCUT2D eigenvalue weighted by atomic mass is 10.1. The molecule has 0 amide bonds. The highest BCUT2D eigenvalue weighted by Gasteiger charge is 2.14. The maximum absolute atomic E-state index is 13.1. The van der Waals surface area contributed by atoms with Gasteiger partial charge in [-0.3, -0.25) is 0 Å². The Hall–Kier alpha value is -1.39. The Morgan fingerprint density at radius 3 is 2.40 bits per heavy atom. The summed E-state index contributed by atoms with van der Waals surface area (Å²) in [4.78, 5) is 2.13. The second-order valence-electron chi connectivity index (χ2n) is 4.71. The molecule has 1 atom stereocenters. The third-order valence-electron chi connectivity index (χ3n) is 3.23. The fourth-order valence-electron chi connectivity index (χ4n) is 2.25. The summed E-state index contributed by atoms with van der Waals surface area (Å²) in [6.45, 7) is 4.81. The molecule has 20 heavy (non-hydrogen) atoms. The number of rotatable bonds is 4. The van der Waals surface area contributed by atoms with Gasteiger partial charge in [-0.25, -0.2) is 4.39 Å². The minimum absolute atomic E-state index is 0.0624. The molecular weight excluding hydrogens is 319 g/mol. The Bertz CT molecular complexity index is 582. The normalized spacial score (nSPS) is 12.2. The fourth-order valence-corrected chi connectivity index (χ4v) is 2.60. The largest absolute Gasteiger partial charge is 0.341 e. The van der Waals surface area contributed by atoms with E-state index in [0.29, 0.717) is 0 Å². The Morgan fingerprint density at radius 1 is 1.20 bits per heavy atom. The predicted octanol–water partition coefficient (Wildman–Crippen LogP) is 4.77. The third kappa shape index (κ3) is 3.19. The van der Waals surface area contributed by atoms with Crippen LogP contribution in [0.1, 0.15) is 25.5 Å². The van der Waals surface area contributed by atoms with Crippen molar-refractivity contribution in [2.24, 2.45) is 5.73 Å². The van der Waals surface area contributed by atoms with Gasteiger partial charge >= 0.3 is 0 Å². The van der Waals surface area contributed by atoms with Crippen LogP contribution in [0.25, 0.3) is 0 Å². The van der Waals surface area contributed by atoms with Crippen molar-refractivity contribution in [3.63, 3.8) is 0 Å². The molecule has 0 aliphatic carbocycles. The van der Waals surface area contributed by atoms with Gasteiger partial charge in [0.1, 0.15) is 5.82 Å². The highest BCUT2D eigenvalue weighted by atomic mass is 79.9. The monoisotopic (exact) mass is 336 g/mol. The molecule has 0 heterocycles. The molecule has 0 bridgehead atoms. The van der Waals surface area contributed by atoms with Gasteiger partial charge in [-0.05, 0) is 55.8 Å². The van der Waals surface area contributed by atoms with Crippen molar-refractivity contribution in [2.75, 3.05) is 11.4 Å². The first kappa shape index (κ1) is 15.0. The van der Waals surface area contributed by atoms with E-state index in [1.54, 1.807) is 12.1 Å². The number of halogens is 2. The van der Waals surface area contributed by atoms with E-state index in [1.807, 2.05) is 25.1 Å². The first-order valence-electron chi connectivity index (χ1n) is 6.61. The van der Waals surface area contributed by atoms with Gasteiger partial charge < -0.3 is 10.6 Å². The van der Waals surface area contributed by atoms with Gasteiger partial charge in [0.25, 0.3) is 0 Å². The summed E-state index contributed by atoms with van der Waals surface area (Å²) in [5, 5.41) is 0. The van der Waals surface area contributed by atoms with Gasteiger partial charge in [0.2, 0.25) is 0 Å². The van der Waals surface area contributed by atoms with Crippen molar-refractivity contribution >= 4 is 27.3 Å². The number of anilines is 2. The molecule has 0 aliphatic rings. The second-order valence-corrected chi connectivity index (χ2v) is 5.63. The van der Waals surface area contributed by atoms with Crippen LogP contribution in [-0.4, -0.2) is 6.54 Å². The lowest BCUT2D eigenvalue weighted by molar-refractivity contribution is 0.628. The van der Waals surface area contributed by atoms with E-state index < -0.39 is 0 Å². The van der Waals surface area contributed by atoms with Crippen LogP contribution in [0.2, 0.25) is 0 Å². The molecule has 2 rings (SSSR count). The maximum atomic E-state index is 13.1. The molecule has 0 aliphatic heterocycles. The number of nitrogens with two attached hydrogens (primary N) is 1. The predicted molar refractivity (Wildman–Crippen MR) is 85.8 cm³/mol. The van der Waals surface area contributed by atoms with Crippen LogP contribution in [-0.2, 0) is 0 Å². The zero-order valence-corrected chi connectivity index (χ0v) is 13.2. The molecule has 0 aromatic heterocycles. The van der Waals surface area contributed by atoms with Crippen LogP contribution in [0.4, 0.5) is 15.8 Å². The Kier molecular flexibility index (Phi) is 4.78. The molecule has 0 radical (unpaired) electrons. The molecular formula is C16H18BrFN2. The molecule has 2 nitrogen and oxygen atoms in total.